The van der Waals surface area contributed by atoms with Gasteiger partial charge < -0.3 is 10.6 Å². The SMILES string of the molecule is CSCC[C@H](NC(C)=O)C(=O)NCc1cscn1. The van der Waals surface area contributed by atoms with Crippen molar-refractivity contribution in [3.63, 3.8) is 0 Å². The van der Waals surface area contributed by atoms with Gasteiger partial charge in [-0.3, -0.25) is 9.59 Å². The maximum Gasteiger partial charge on any atom is 0.242 e. The fraction of sp³-hybridized carbons (Fsp3) is 0.545. The van der Waals surface area contributed by atoms with Crippen LogP contribution in [0.4, 0.5) is 0 Å². The third-order valence-electron chi connectivity index (χ3n) is 2.23. The quantitative estimate of drug-likeness (QED) is 0.785. The van der Waals surface area contributed by atoms with Crippen molar-refractivity contribution < 1.29 is 9.59 Å². The molecule has 100 valence electrons. The fourth-order valence-corrected chi connectivity index (χ4v) is 2.41. The van der Waals surface area contributed by atoms with Crippen molar-refractivity contribution in [1.82, 2.24) is 15.6 Å². The molecule has 18 heavy (non-hydrogen) atoms. The third kappa shape index (κ3) is 5.50. The lowest BCUT2D eigenvalue weighted by atomic mass is 10.2. The highest BCUT2D eigenvalue weighted by atomic mass is 32.2. The van der Waals surface area contributed by atoms with Gasteiger partial charge in [-0.1, -0.05) is 0 Å². The zero-order valence-electron chi connectivity index (χ0n) is 10.4. The number of nitrogens with zero attached hydrogens (tertiary/aromatic N) is 1. The number of amides is 2. The van der Waals surface area contributed by atoms with Crippen LogP contribution >= 0.6 is 23.1 Å². The summed E-state index contributed by atoms with van der Waals surface area (Å²) < 4.78 is 0. The zero-order chi connectivity index (χ0) is 13.4. The highest BCUT2D eigenvalue weighted by molar-refractivity contribution is 7.98. The molecular formula is C11H17N3O2S2. The Hall–Kier alpha value is -1.08. The Morgan fingerprint density at radius 3 is 2.89 bits per heavy atom. The van der Waals surface area contributed by atoms with Gasteiger partial charge in [-0.05, 0) is 18.4 Å². The van der Waals surface area contributed by atoms with E-state index in [1.807, 2.05) is 11.6 Å². The lowest BCUT2D eigenvalue weighted by molar-refractivity contribution is -0.128. The van der Waals surface area contributed by atoms with Crippen molar-refractivity contribution in [2.75, 3.05) is 12.0 Å². The predicted molar refractivity (Wildman–Crippen MR) is 74.6 cm³/mol. The average Bonchev–Trinajstić information content (AvgIpc) is 2.84. The number of hydrogen-bond acceptors (Lipinski definition) is 5. The second-order valence-corrected chi connectivity index (χ2v) is 5.44. The molecule has 0 aliphatic heterocycles. The van der Waals surface area contributed by atoms with Gasteiger partial charge in [0, 0.05) is 12.3 Å². The standard InChI is InChI=1S/C11H17N3O2S2/c1-8(15)14-10(3-4-17-2)11(16)12-5-9-6-18-7-13-9/h6-7,10H,3-5H2,1-2H3,(H,12,16)(H,14,15)/t10-/m0/s1. The van der Waals surface area contributed by atoms with Crippen molar-refractivity contribution >= 4 is 34.9 Å². The number of carbonyl (C=O) groups is 2. The van der Waals surface area contributed by atoms with Crippen LogP contribution < -0.4 is 10.6 Å². The monoisotopic (exact) mass is 287 g/mol. The van der Waals surface area contributed by atoms with Crippen LogP contribution in [0.25, 0.3) is 0 Å². The molecule has 7 heteroatoms. The molecule has 1 aromatic heterocycles. The van der Waals surface area contributed by atoms with Gasteiger partial charge in [-0.2, -0.15) is 11.8 Å². The summed E-state index contributed by atoms with van der Waals surface area (Å²) in [4.78, 5) is 27.0. The topological polar surface area (TPSA) is 71.1 Å². The van der Waals surface area contributed by atoms with Gasteiger partial charge in [0.15, 0.2) is 0 Å². The first-order valence-electron chi connectivity index (χ1n) is 5.54. The molecule has 2 N–H and O–H groups in total. The lowest BCUT2D eigenvalue weighted by Gasteiger charge is -2.16. The summed E-state index contributed by atoms with van der Waals surface area (Å²) in [5.74, 6) is 0.479. The summed E-state index contributed by atoms with van der Waals surface area (Å²) >= 11 is 3.14. The normalized spacial score (nSPS) is 11.9. The smallest absolute Gasteiger partial charge is 0.242 e. The van der Waals surface area contributed by atoms with Gasteiger partial charge in [0.1, 0.15) is 6.04 Å². The third-order valence-corrected chi connectivity index (χ3v) is 3.51. The highest BCUT2D eigenvalue weighted by Crippen LogP contribution is 2.03. The van der Waals surface area contributed by atoms with E-state index in [0.717, 1.165) is 11.4 Å². The molecule has 1 heterocycles. The van der Waals surface area contributed by atoms with E-state index in [2.05, 4.69) is 15.6 Å². The average molecular weight is 287 g/mol. The van der Waals surface area contributed by atoms with Gasteiger partial charge in [0.25, 0.3) is 0 Å². The maximum atomic E-state index is 11.9. The first kappa shape index (κ1) is 15.0. The first-order valence-corrected chi connectivity index (χ1v) is 7.88. The fourth-order valence-electron chi connectivity index (χ4n) is 1.38. The first-order chi connectivity index (χ1) is 8.63. The Morgan fingerprint density at radius 1 is 1.56 bits per heavy atom. The number of thioether (sulfide) groups is 1. The van der Waals surface area contributed by atoms with Crippen LogP contribution in [-0.4, -0.2) is 34.8 Å². The number of aromatic nitrogens is 1. The van der Waals surface area contributed by atoms with Crippen LogP contribution in [0.3, 0.4) is 0 Å². The molecular weight excluding hydrogens is 270 g/mol. The second-order valence-electron chi connectivity index (χ2n) is 3.73. The largest absolute Gasteiger partial charge is 0.349 e. The molecule has 0 aliphatic carbocycles. The summed E-state index contributed by atoms with van der Waals surface area (Å²) in [6.45, 7) is 1.82. The molecule has 0 spiro atoms. The van der Waals surface area contributed by atoms with Crippen molar-refractivity contribution in [3.8, 4) is 0 Å². The molecule has 0 saturated heterocycles. The number of hydrogen-bond donors (Lipinski definition) is 2. The minimum atomic E-state index is -0.464. The van der Waals surface area contributed by atoms with Crippen LogP contribution in [0.1, 0.15) is 19.0 Å². The van der Waals surface area contributed by atoms with E-state index >= 15 is 0 Å². The summed E-state index contributed by atoms with van der Waals surface area (Å²) in [6, 6.07) is -0.464. The van der Waals surface area contributed by atoms with Gasteiger partial charge in [0.2, 0.25) is 11.8 Å². The van der Waals surface area contributed by atoms with Crippen molar-refractivity contribution in [1.29, 1.82) is 0 Å². The van der Waals surface area contributed by atoms with Crippen LogP contribution in [-0.2, 0) is 16.1 Å². The summed E-state index contributed by atoms with van der Waals surface area (Å²) in [5, 5.41) is 7.33. The Bertz CT molecular complexity index is 382. The molecule has 2 amide bonds. The van der Waals surface area contributed by atoms with E-state index in [1.54, 1.807) is 17.3 Å². The Balaban J connectivity index is 2.44. The minimum absolute atomic E-state index is 0.160. The number of thiazole rings is 1. The van der Waals surface area contributed by atoms with E-state index in [-0.39, 0.29) is 11.8 Å². The Labute approximate surface area is 115 Å². The summed E-state index contributed by atoms with van der Waals surface area (Å²) in [6.07, 6.45) is 2.60. The van der Waals surface area contributed by atoms with E-state index in [9.17, 15) is 9.59 Å². The van der Waals surface area contributed by atoms with Crippen molar-refractivity contribution in [3.05, 3.63) is 16.6 Å². The van der Waals surface area contributed by atoms with Gasteiger partial charge >= 0.3 is 0 Å². The van der Waals surface area contributed by atoms with Crippen molar-refractivity contribution in [2.24, 2.45) is 0 Å². The van der Waals surface area contributed by atoms with Gasteiger partial charge in [-0.15, -0.1) is 11.3 Å². The maximum absolute atomic E-state index is 11.9. The molecule has 1 aromatic rings. The van der Waals surface area contributed by atoms with Gasteiger partial charge in [0.05, 0.1) is 17.7 Å². The van der Waals surface area contributed by atoms with E-state index in [0.29, 0.717) is 13.0 Å². The molecule has 0 unspecified atom stereocenters. The minimum Gasteiger partial charge on any atom is -0.349 e. The molecule has 0 saturated carbocycles. The van der Waals surface area contributed by atoms with Gasteiger partial charge in [-0.25, -0.2) is 4.98 Å². The van der Waals surface area contributed by atoms with Crippen LogP contribution in [0.2, 0.25) is 0 Å². The van der Waals surface area contributed by atoms with Crippen LogP contribution in [0.15, 0.2) is 10.9 Å². The number of nitrogens with one attached hydrogen (secondary N) is 2. The molecule has 1 rings (SSSR count). The predicted octanol–water partition coefficient (Wildman–Crippen LogP) is 1.02. The zero-order valence-corrected chi connectivity index (χ0v) is 12.1. The number of carbonyl (C=O) groups excluding carboxylic acids is 2. The molecule has 1 atom stereocenters. The summed E-state index contributed by atoms with van der Waals surface area (Å²) in [5.41, 5.74) is 2.56. The molecule has 5 nitrogen and oxygen atoms in total. The molecule has 0 bridgehead atoms. The van der Waals surface area contributed by atoms with E-state index < -0.39 is 6.04 Å². The van der Waals surface area contributed by atoms with E-state index in [1.165, 1.54) is 18.3 Å². The Kier molecular flexibility index (Phi) is 6.74. The molecule has 0 aliphatic rings. The number of rotatable bonds is 7. The van der Waals surface area contributed by atoms with E-state index in [4.69, 9.17) is 0 Å². The van der Waals surface area contributed by atoms with Crippen molar-refractivity contribution in [2.45, 2.75) is 25.9 Å². The molecule has 0 radical (unpaired) electrons. The highest BCUT2D eigenvalue weighted by Gasteiger charge is 2.18. The summed E-state index contributed by atoms with van der Waals surface area (Å²) in [7, 11) is 0. The molecule has 0 aromatic carbocycles. The van der Waals surface area contributed by atoms with Crippen LogP contribution in [0.5, 0.6) is 0 Å². The second kappa shape index (κ2) is 8.10. The molecule has 0 fully saturated rings. The lowest BCUT2D eigenvalue weighted by Crippen LogP contribution is -2.46. The Morgan fingerprint density at radius 2 is 2.33 bits per heavy atom. The van der Waals surface area contributed by atoms with Crippen LogP contribution in [0, 0.1) is 0 Å².